The largest absolute Gasteiger partial charge is 0.375 e. The minimum Gasteiger partial charge on any atom is -0.375 e. The molecule has 0 amide bonds. The van der Waals surface area contributed by atoms with Crippen LogP contribution in [-0.4, -0.2) is 30.8 Å². The van der Waals surface area contributed by atoms with Gasteiger partial charge in [-0.2, -0.15) is 0 Å². The summed E-state index contributed by atoms with van der Waals surface area (Å²) in [5, 5.41) is 3.17. The molecule has 0 bridgehead atoms. The number of aromatic nitrogens is 1. The first-order valence-corrected chi connectivity index (χ1v) is 4.67. The quantitative estimate of drug-likeness (QED) is 0.733. The van der Waals surface area contributed by atoms with E-state index in [-0.39, 0.29) is 0 Å². The van der Waals surface area contributed by atoms with Crippen molar-refractivity contribution in [2.45, 2.75) is 12.5 Å². The van der Waals surface area contributed by atoms with Gasteiger partial charge in [0.25, 0.3) is 0 Å². The van der Waals surface area contributed by atoms with E-state index in [0.29, 0.717) is 6.10 Å². The van der Waals surface area contributed by atoms with Crippen LogP contribution in [0.1, 0.15) is 5.69 Å². The maximum atomic E-state index is 5.58. The number of hydrogen-bond acceptors (Lipinski definition) is 3. The SMILES string of the molecule is c1ccc(CCOC2CNC2)nc1. The summed E-state index contributed by atoms with van der Waals surface area (Å²) in [6.07, 6.45) is 3.17. The molecule has 0 radical (unpaired) electrons. The van der Waals surface area contributed by atoms with Crippen molar-refractivity contribution in [1.82, 2.24) is 10.3 Å². The maximum Gasteiger partial charge on any atom is 0.0823 e. The first-order chi connectivity index (χ1) is 6.45. The predicted molar refractivity (Wildman–Crippen MR) is 50.6 cm³/mol. The number of ether oxygens (including phenoxy) is 1. The second-order valence-electron chi connectivity index (χ2n) is 3.22. The summed E-state index contributed by atoms with van der Waals surface area (Å²) in [5.41, 5.74) is 1.11. The fourth-order valence-electron chi connectivity index (χ4n) is 1.26. The van der Waals surface area contributed by atoms with Crippen molar-refractivity contribution >= 4 is 0 Å². The number of hydrogen-bond donors (Lipinski definition) is 1. The molecule has 1 aromatic heterocycles. The van der Waals surface area contributed by atoms with Crippen LogP contribution >= 0.6 is 0 Å². The minimum absolute atomic E-state index is 0.434. The molecule has 1 aliphatic rings. The minimum atomic E-state index is 0.434. The van der Waals surface area contributed by atoms with E-state index in [4.69, 9.17) is 4.74 Å². The highest BCUT2D eigenvalue weighted by molar-refractivity contribution is 5.03. The van der Waals surface area contributed by atoms with E-state index in [2.05, 4.69) is 10.3 Å². The van der Waals surface area contributed by atoms with Crippen LogP contribution in [0.4, 0.5) is 0 Å². The third-order valence-corrected chi connectivity index (χ3v) is 2.18. The van der Waals surface area contributed by atoms with Crippen LogP contribution in [-0.2, 0) is 11.2 Å². The lowest BCUT2D eigenvalue weighted by molar-refractivity contribution is 0.0205. The van der Waals surface area contributed by atoms with Crippen molar-refractivity contribution in [3.8, 4) is 0 Å². The second kappa shape index (κ2) is 4.35. The van der Waals surface area contributed by atoms with E-state index in [1.807, 2.05) is 24.4 Å². The van der Waals surface area contributed by atoms with Crippen LogP contribution < -0.4 is 5.32 Å². The Bertz CT molecular complexity index is 246. The average molecular weight is 178 g/mol. The third-order valence-electron chi connectivity index (χ3n) is 2.18. The molecule has 3 heteroatoms. The molecule has 1 aromatic rings. The van der Waals surface area contributed by atoms with Gasteiger partial charge in [0.15, 0.2) is 0 Å². The first kappa shape index (κ1) is 8.66. The van der Waals surface area contributed by atoms with Crippen molar-refractivity contribution in [3.05, 3.63) is 30.1 Å². The Hall–Kier alpha value is -0.930. The van der Waals surface area contributed by atoms with Crippen LogP contribution in [0.15, 0.2) is 24.4 Å². The van der Waals surface area contributed by atoms with Gasteiger partial charge in [0, 0.05) is 31.4 Å². The predicted octanol–water partition coefficient (Wildman–Crippen LogP) is 0.612. The zero-order valence-electron chi connectivity index (χ0n) is 7.57. The van der Waals surface area contributed by atoms with E-state index in [0.717, 1.165) is 31.8 Å². The molecular formula is C10H14N2O. The lowest BCUT2D eigenvalue weighted by Crippen LogP contribution is -2.48. The van der Waals surface area contributed by atoms with Crippen LogP contribution in [0.25, 0.3) is 0 Å². The van der Waals surface area contributed by atoms with E-state index < -0.39 is 0 Å². The molecule has 0 saturated carbocycles. The summed E-state index contributed by atoms with van der Waals surface area (Å²) in [4.78, 5) is 4.22. The second-order valence-corrected chi connectivity index (χ2v) is 3.22. The monoisotopic (exact) mass is 178 g/mol. The van der Waals surface area contributed by atoms with Gasteiger partial charge in [0.05, 0.1) is 12.7 Å². The van der Waals surface area contributed by atoms with Crippen LogP contribution in [0.2, 0.25) is 0 Å². The summed E-state index contributed by atoms with van der Waals surface area (Å²) in [6, 6.07) is 5.97. The number of pyridine rings is 1. The van der Waals surface area contributed by atoms with E-state index >= 15 is 0 Å². The standard InChI is InChI=1S/C10H14N2O/c1-2-5-12-9(3-1)4-6-13-10-7-11-8-10/h1-3,5,10-11H,4,6-8H2. The van der Waals surface area contributed by atoms with Gasteiger partial charge in [-0.05, 0) is 12.1 Å². The van der Waals surface area contributed by atoms with Gasteiger partial charge in [-0.1, -0.05) is 6.07 Å². The summed E-state index contributed by atoms with van der Waals surface area (Å²) >= 11 is 0. The normalized spacial score (nSPS) is 16.9. The molecule has 13 heavy (non-hydrogen) atoms. The molecule has 70 valence electrons. The van der Waals surface area contributed by atoms with Gasteiger partial charge in [0.1, 0.15) is 0 Å². The Kier molecular flexibility index (Phi) is 2.90. The van der Waals surface area contributed by atoms with Gasteiger partial charge in [0.2, 0.25) is 0 Å². The van der Waals surface area contributed by atoms with Crippen LogP contribution in [0.5, 0.6) is 0 Å². The number of nitrogens with zero attached hydrogens (tertiary/aromatic N) is 1. The molecule has 1 aliphatic heterocycles. The lowest BCUT2D eigenvalue weighted by Gasteiger charge is -2.26. The summed E-state index contributed by atoms with van der Waals surface area (Å²) in [5.74, 6) is 0. The topological polar surface area (TPSA) is 34.1 Å². The molecule has 0 aromatic carbocycles. The summed E-state index contributed by atoms with van der Waals surface area (Å²) in [6.45, 7) is 2.79. The van der Waals surface area contributed by atoms with Crippen molar-refractivity contribution < 1.29 is 4.74 Å². The highest BCUT2D eigenvalue weighted by Gasteiger charge is 2.16. The first-order valence-electron chi connectivity index (χ1n) is 4.67. The lowest BCUT2D eigenvalue weighted by atomic mass is 10.2. The fourth-order valence-corrected chi connectivity index (χ4v) is 1.26. The van der Waals surface area contributed by atoms with Crippen molar-refractivity contribution in [2.75, 3.05) is 19.7 Å². The van der Waals surface area contributed by atoms with Crippen LogP contribution in [0.3, 0.4) is 0 Å². The van der Waals surface area contributed by atoms with Gasteiger partial charge in [-0.3, -0.25) is 4.98 Å². The smallest absolute Gasteiger partial charge is 0.0823 e. The maximum absolute atomic E-state index is 5.58. The number of nitrogens with one attached hydrogen (secondary N) is 1. The third kappa shape index (κ3) is 2.50. The van der Waals surface area contributed by atoms with Crippen LogP contribution in [0, 0.1) is 0 Å². The Labute approximate surface area is 78.1 Å². The van der Waals surface area contributed by atoms with E-state index in [1.54, 1.807) is 0 Å². The van der Waals surface area contributed by atoms with Crippen molar-refractivity contribution in [1.29, 1.82) is 0 Å². The van der Waals surface area contributed by atoms with E-state index in [1.165, 1.54) is 0 Å². The van der Waals surface area contributed by atoms with E-state index in [9.17, 15) is 0 Å². The molecule has 0 aliphatic carbocycles. The molecule has 0 atom stereocenters. The zero-order valence-corrected chi connectivity index (χ0v) is 7.57. The highest BCUT2D eigenvalue weighted by Crippen LogP contribution is 2.00. The van der Waals surface area contributed by atoms with Crippen molar-refractivity contribution in [2.24, 2.45) is 0 Å². The molecule has 1 N–H and O–H groups in total. The van der Waals surface area contributed by atoms with Crippen molar-refractivity contribution in [3.63, 3.8) is 0 Å². The zero-order chi connectivity index (χ0) is 8.93. The van der Waals surface area contributed by atoms with Gasteiger partial charge in [-0.15, -0.1) is 0 Å². The molecule has 0 spiro atoms. The highest BCUT2D eigenvalue weighted by atomic mass is 16.5. The summed E-state index contributed by atoms with van der Waals surface area (Å²) < 4.78 is 5.58. The molecule has 1 fully saturated rings. The summed E-state index contributed by atoms with van der Waals surface area (Å²) in [7, 11) is 0. The van der Waals surface area contributed by atoms with Gasteiger partial charge < -0.3 is 10.1 Å². The number of rotatable bonds is 4. The molecule has 0 unspecified atom stereocenters. The Morgan fingerprint density at radius 2 is 2.38 bits per heavy atom. The fraction of sp³-hybridized carbons (Fsp3) is 0.500. The van der Waals surface area contributed by atoms with Gasteiger partial charge >= 0.3 is 0 Å². The molecule has 1 saturated heterocycles. The Balaban J connectivity index is 1.67. The molecule has 2 rings (SSSR count). The molecule has 2 heterocycles. The Morgan fingerprint density at radius 1 is 1.46 bits per heavy atom. The average Bonchev–Trinajstić information content (AvgIpc) is 2.11. The molecular weight excluding hydrogens is 164 g/mol. The van der Waals surface area contributed by atoms with Gasteiger partial charge in [-0.25, -0.2) is 0 Å². The Morgan fingerprint density at radius 3 is 3.00 bits per heavy atom. The molecule has 3 nitrogen and oxygen atoms in total.